The third-order valence-electron chi connectivity index (χ3n) is 2.47. The van der Waals surface area contributed by atoms with E-state index in [0.29, 0.717) is 0 Å². The van der Waals surface area contributed by atoms with Crippen molar-refractivity contribution in [3.8, 4) is 0 Å². The summed E-state index contributed by atoms with van der Waals surface area (Å²) in [6.45, 7) is 6.46. The van der Waals surface area contributed by atoms with Crippen molar-refractivity contribution >= 4 is 17.8 Å². The van der Waals surface area contributed by atoms with Gasteiger partial charge in [0.25, 0.3) is 5.56 Å². The second-order valence-electron chi connectivity index (χ2n) is 5.26. The fourth-order valence-corrected chi connectivity index (χ4v) is 1.17. The van der Waals surface area contributed by atoms with Gasteiger partial charge in [-0.05, 0) is 0 Å². The van der Waals surface area contributed by atoms with E-state index in [2.05, 4.69) is 15.3 Å². The zero-order valence-corrected chi connectivity index (χ0v) is 11.2. The van der Waals surface area contributed by atoms with Crippen LogP contribution in [-0.4, -0.2) is 21.8 Å². The molecule has 2 N–H and O–H groups in total. The molecule has 0 aliphatic heterocycles. The number of rotatable bonds is 3. The van der Waals surface area contributed by atoms with Crippen LogP contribution in [0.5, 0.6) is 0 Å². The first-order valence-electron chi connectivity index (χ1n) is 5.75. The average molecular weight is 266 g/mol. The standard InChI is InChI=1S/C12H17N3O4/c1-6(9(17)18)7-5-8(16)14-11(13-7)15-10(19)12(2,3)4/h5-6H,1-4H3,(H,17,18)(H2,13,14,15,16,19)/p-1. The molecule has 0 fully saturated rings. The van der Waals surface area contributed by atoms with Crippen molar-refractivity contribution in [2.75, 3.05) is 5.32 Å². The van der Waals surface area contributed by atoms with Gasteiger partial charge in [-0.1, -0.05) is 27.7 Å². The first-order valence-corrected chi connectivity index (χ1v) is 5.75. The Morgan fingerprint density at radius 2 is 2.00 bits per heavy atom. The summed E-state index contributed by atoms with van der Waals surface area (Å²) in [4.78, 5) is 40.2. The summed E-state index contributed by atoms with van der Waals surface area (Å²) in [5.74, 6) is -2.79. The van der Waals surface area contributed by atoms with Crippen molar-refractivity contribution in [1.29, 1.82) is 0 Å². The monoisotopic (exact) mass is 266 g/mol. The fraction of sp³-hybridized carbons (Fsp3) is 0.500. The molecule has 1 heterocycles. The van der Waals surface area contributed by atoms with E-state index in [0.717, 1.165) is 6.07 Å². The SMILES string of the molecule is CC(C(=O)[O-])c1cc(=O)[nH]c(NC(=O)C(C)(C)C)n1. The van der Waals surface area contributed by atoms with Crippen LogP contribution in [0, 0.1) is 5.41 Å². The molecular formula is C12H16N3O4-. The molecule has 7 heteroatoms. The molecule has 1 rings (SSSR count). The molecule has 19 heavy (non-hydrogen) atoms. The van der Waals surface area contributed by atoms with Crippen molar-refractivity contribution in [3.05, 3.63) is 22.1 Å². The number of amides is 1. The Hall–Kier alpha value is -2.18. The van der Waals surface area contributed by atoms with Crippen LogP contribution >= 0.6 is 0 Å². The number of H-pyrrole nitrogens is 1. The van der Waals surface area contributed by atoms with Crippen LogP contribution in [0.2, 0.25) is 0 Å². The Balaban J connectivity index is 3.08. The first kappa shape index (κ1) is 14.9. The molecule has 0 aliphatic rings. The highest BCUT2D eigenvalue weighted by molar-refractivity contribution is 5.93. The van der Waals surface area contributed by atoms with Crippen LogP contribution in [0.3, 0.4) is 0 Å². The van der Waals surface area contributed by atoms with E-state index in [1.165, 1.54) is 6.92 Å². The maximum absolute atomic E-state index is 11.8. The molecule has 0 radical (unpaired) electrons. The lowest BCUT2D eigenvalue weighted by molar-refractivity contribution is -0.307. The predicted octanol–water partition coefficient (Wildman–Crippen LogP) is -0.392. The quantitative estimate of drug-likeness (QED) is 0.773. The number of hydrogen-bond acceptors (Lipinski definition) is 5. The molecular weight excluding hydrogens is 250 g/mol. The third-order valence-corrected chi connectivity index (χ3v) is 2.47. The largest absolute Gasteiger partial charge is 0.549 e. The summed E-state index contributed by atoms with van der Waals surface area (Å²) in [5, 5.41) is 13.2. The lowest BCUT2D eigenvalue weighted by Crippen LogP contribution is -2.32. The van der Waals surface area contributed by atoms with Gasteiger partial charge in [0, 0.05) is 17.4 Å². The van der Waals surface area contributed by atoms with Crippen LogP contribution in [0.25, 0.3) is 0 Å². The normalized spacial score (nSPS) is 12.8. The number of nitrogens with one attached hydrogen (secondary N) is 2. The smallest absolute Gasteiger partial charge is 0.252 e. The Morgan fingerprint density at radius 1 is 1.42 bits per heavy atom. The minimum absolute atomic E-state index is 0.0351. The van der Waals surface area contributed by atoms with Crippen molar-refractivity contribution in [2.45, 2.75) is 33.6 Å². The van der Waals surface area contributed by atoms with Crippen LogP contribution in [0.15, 0.2) is 10.9 Å². The second-order valence-corrected chi connectivity index (χ2v) is 5.26. The zero-order valence-electron chi connectivity index (χ0n) is 11.2. The molecule has 104 valence electrons. The van der Waals surface area contributed by atoms with Gasteiger partial charge < -0.3 is 9.90 Å². The number of aliphatic carboxylic acids is 1. The number of carboxylic acids is 1. The minimum atomic E-state index is -1.34. The van der Waals surface area contributed by atoms with Crippen LogP contribution in [0.1, 0.15) is 39.3 Å². The summed E-state index contributed by atoms with van der Waals surface area (Å²) in [6, 6.07) is 1.06. The summed E-state index contributed by atoms with van der Waals surface area (Å²) in [6.07, 6.45) is 0. The molecule has 0 saturated carbocycles. The lowest BCUT2D eigenvalue weighted by Gasteiger charge is -2.18. The Morgan fingerprint density at radius 3 is 2.47 bits per heavy atom. The number of aromatic amines is 1. The summed E-state index contributed by atoms with van der Waals surface area (Å²) in [5.41, 5.74) is -1.16. The van der Waals surface area contributed by atoms with E-state index in [-0.39, 0.29) is 17.5 Å². The van der Waals surface area contributed by atoms with Crippen LogP contribution < -0.4 is 16.0 Å². The second kappa shape index (κ2) is 5.21. The third kappa shape index (κ3) is 3.90. The average Bonchev–Trinajstić information content (AvgIpc) is 2.25. The molecule has 1 aromatic heterocycles. The summed E-state index contributed by atoms with van der Waals surface area (Å²) >= 11 is 0. The van der Waals surface area contributed by atoms with E-state index >= 15 is 0 Å². The summed E-state index contributed by atoms with van der Waals surface area (Å²) < 4.78 is 0. The van der Waals surface area contributed by atoms with Gasteiger partial charge in [-0.25, -0.2) is 4.98 Å². The molecule has 0 aromatic carbocycles. The molecule has 1 aromatic rings. The van der Waals surface area contributed by atoms with E-state index in [9.17, 15) is 19.5 Å². The number of nitrogens with zero attached hydrogens (tertiary/aromatic N) is 1. The number of carboxylic acid groups (broad SMARTS) is 1. The Labute approximate surface area is 110 Å². The summed E-state index contributed by atoms with van der Waals surface area (Å²) in [7, 11) is 0. The van der Waals surface area contributed by atoms with E-state index < -0.39 is 22.9 Å². The zero-order chi connectivity index (χ0) is 14.8. The maximum atomic E-state index is 11.8. The van der Waals surface area contributed by atoms with Gasteiger partial charge in [0.1, 0.15) is 0 Å². The molecule has 1 unspecified atom stereocenters. The van der Waals surface area contributed by atoms with E-state index in [4.69, 9.17) is 0 Å². The molecule has 0 bridgehead atoms. The number of anilines is 1. The molecule has 0 aliphatic carbocycles. The Bertz CT molecular complexity index is 557. The van der Waals surface area contributed by atoms with Gasteiger partial charge in [0.15, 0.2) is 0 Å². The van der Waals surface area contributed by atoms with E-state index in [1.807, 2.05) is 0 Å². The Kier molecular flexibility index (Phi) is 4.08. The van der Waals surface area contributed by atoms with Crippen LogP contribution in [0.4, 0.5) is 5.95 Å². The highest BCUT2D eigenvalue weighted by atomic mass is 16.4. The maximum Gasteiger partial charge on any atom is 0.252 e. The predicted molar refractivity (Wildman–Crippen MR) is 66.4 cm³/mol. The van der Waals surface area contributed by atoms with Crippen molar-refractivity contribution in [2.24, 2.45) is 5.41 Å². The number of hydrogen-bond donors (Lipinski definition) is 2. The number of aromatic nitrogens is 2. The topological polar surface area (TPSA) is 115 Å². The van der Waals surface area contributed by atoms with E-state index in [1.54, 1.807) is 20.8 Å². The van der Waals surface area contributed by atoms with Gasteiger partial charge in [0.05, 0.1) is 11.7 Å². The number of carbonyl (C=O) groups excluding carboxylic acids is 2. The van der Waals surface area contributed by atoms with Crippen molar-refractivity contribution in [3.63, 3.8) is 0 Å². The van der Waals surface area contributed by atoms with Crippen molar-refractivity contribution in [1.82, 2.24) is 9.97 Å². The van der Waals surface area contributed by atoms with Gasteiger partial charge in [-0.15, -0.1) is 0 Å². The first-order chi connectivity index (χ1) is 8.61. The molecule has 0 saturated heterocycles. The highest BCUT2D eigenvalue weighted by Crippen LogP contribution is 2.16. The lowest BCUT2D eigenvalue weighted by atomic mass is 9.96. The number of carbonyl (C=O) groups is 2. The minimum Gasteiger partial charge on any atom is -0.549 e. The molecule has 1 atom stereocenters. The van der Waals surface area contributed by atoms with Crippen molar-refractivity contribution < 1.29 is 14.7 Å². The fourth-order valence-electron chi connectivity index (χ4n) is 1.17. The molecule has 0 spiro atoms. The molecule has 7 nitrogen and oxygen atoms in total. The van der Waals surface area contributed by atoms with Gasteiger partial charge in [0.2, 0.25) is 11.9 Å². The van der Waals surface area contributed by atoms with Gasteiger partial charge in [-0.2, -0.15) is 0 Å². The molecule has 1 amide bonds. The highest BCUT2D eigenvalue weighted by Gasteiger charge is 2.22. The van der Waals surface area contributed by atoms with Gasteiger partial charge in [-0.3, -0.25) is 19.9 Å². The van der Waals surface area contributed by atoms with Gasteiger partial charge >= 0.3 is 0 Å². The van der Waals surface area contributed by atoms with Crippen LogP contribution in [-0.2, 0) is 9.59 Å².